The molecule has 0 bridgehead atoms. The van der Waals surface area contributed by atoms with Gasteiger partial charge in [0.25, 0.3) is 0 Å². The van der Waals surface area contributed by atoms with Gasteiger partial charge in [0.1, 0.15) is 6.04 Å². The smallest absolute Gasteiger partial charge is 0.249 e. The summed E-state index contributed by atoms with van der Waals surface area (Å²) in [6, 6.07) is 9.72. The predicted molar refractivity (Wildman–Crippen MR) is 96.7 cm³/mol. The number of unbranched alkanes of at least 4 members (excludes halogenated alkanes) is 1. The number of likely N-dealkylation sites (tertiary alicyclic amines) is 1. The van der Waals surface area contributed by atoms with Crippen LogP contribution >= 0.6 is 0 Å². The second kappa shape index (κ2) is 8.28. The number of carbonyl (C=O) groups is 1. The van der Waals surface area contributed by atoms with Gasteiger partial charge in [0.05, 0.1) is 0 Å². The molecule has 134 valence electrons. The fourth-order valence-electron chi connectivity index (χ4n) is 3.55. The Balaban J connectivity index is 1.75. The van der Waals surface area contributed by atoms with Gasteiger partial charge in [-0.15, -0.1) is 0 Å². The first kappa shape index (κ1) is 17.6. The van der Waals surface area contributed by atoms with Gasteiger partial charge in [-0.2, -0.15) is 4.98 Å². The average molecular weight is 341 g/mol. The Kier molecular flexibility index (Phi) is 5.84. The van der Waals surface area contributed by atoms with Gasteiger partial charge in [0, 0.05) is 18.0 Å². The standard InChI is InChI=1S/C20H27N3O2/c1-3-5-10-15(4-2)20(24)23-14-9-13-17(23)19-21-18(22-25-19)16-11-7-6-8-12-16/h6-8,11-12,15,17H,3-5,9-10,13-14H2,1-2H3/t15-,17-/m1/s1. The van der Waals surface area contributed by atoms with Crippen molar-refractivity contribution in [2.75, 3.05) is 6.54 Å². The lowest BCUT2D eigenvalue weighted by atomic mass is 9.97. The number of aromatic nitrogens is 2. The van der Waals surface area contributed by atoms with Gasteiger partial charge in [0.15, 0.2) is 0 Å². The molecule has 5 nitrogen and oxygen atoms in total. The van der Waals surface area contributed by atoms with Crippen LogP contribution in [0, 0.1) is 5.92 Å². The van der Waals surface area contributed by atoms with E-state index in [4.69, 9.17) is 4.52 Å². The second-order valence-electron chi connectivity index (χ2n) is 6.76. The molecular weight excluding hydrogens is 314 g/mol. The molecule has 0 unspecified atom stereocenters. The van der Waals surface area contributed by atoms with Gasteiger partial charge >= 0.3 is 0 Å². The molecule has 1 saturated heterocycles. The van der Waals surface area contributed by atoms with Crippen LogP contribution < -0.4 is 0 Å². The van der Waals surface area contributed by atoms with Gasteiger partial charge in [0.2, 0.25) is 17.6 Å². The summed E-state index contributed by atoms with van der Waals surface area (Å²) in [5, 5.41) is 4.12. The summed E-state index contributed by atoms with van der Waals surface area (Å²) in [7, 11) is 0. The number of hydrogen-bond donors (Lipinski definition) is 0. The van der Waals surface area contributed by atoms with E-state index in [-0.39, 0.29) is 17.9 Å². The minimum Gasteiger partial charge on any atom is -0.337 e. The van der Waals surface area contributed by atoms with Gasteiger partial charge in [-0.1, -0.05) is 62.2 Å². The highest BCUT2D eigenvalue weighted by Gasteiger charge is 2.36. The first-order valence-electron chi connectivity index (χ1n) is 9.44. The van der Waals surface area contributed by atoms with Crippen molar-refractivity contribution in [1.29, 1.82) is 0 Å². The molecule has 0 N–H and O–H groups in total. The monoisotopic (exact) mass is 341 g/mol. The molecule has 5 heteroatoms. The van der Waals surface area contributed by atoms with Crippen molar-refractivity contribution in [2.24, 2.45) is 5.92 Å². The molecule has 0 aliphatic carbocycles. The Morgan fingerprint density at radius 2 is 2.12 bits per heavy atom. The summed E-state index contributed by atoms with van der Waals surface area (Å²) in [4.78, 5) is 19.5. The van der Waals surface area contributed by atoms with E-state index in [1.807, 2.05) is 35.2 Å². The van der Waals surface area contributed by atoms with Crippen molar-refractivity contribution in [3.05, 3.63) is 36.2 Å². The Morgan fingerprint density at radius 3 is 2.84 bits per heavy atom. The molecule has 1 amide bonds. The number of nitrogens with zero attached hydrogens (tertiary/aromatic N) is 3. The molecule has 1 fully saturated rings. The zero-order valence-corrected chi connectivity index (χ0v) is 15.1. The maximum Gasteiger partial charge on any atom is 0.249 e. The first-order valence-corrected chi connectivity index (χ1v) is 9.44. The molecule has 3 rings (SSSR count). The molecule has 1 aromatic heterocycles. The van der Waals surface area contributed by atoms with Crippen LogP contribution in [0.1, 0.15) is 64.3 Å². The minimum absolute atomic E-state index is 0.0758. The lowest BCUT2D eigenvalue weighted by Gasteiger charge is -2.26. The molecule has 0 saturated carbocycles. The summed E-state index contributed by atoms with van der Waals surface area (Å²) in [5.41, 5.74) is 0.933. The topological polar surface area (TPSA) is 59.2 Å². The van der Waals surface area contributed by atoms with Crippen molar-refractivity contribution in [2.45, 2.75) is 58.4 Å². The zero-order chi connectivity index (χ0) is 17.6. The fraction of sp³-hybridized carbons (Fsp3) is 0.550. The Hall–Kier alpha value is -2.17. The van der Waals surface area contributed by atoms with Gasteiger partial charge in [-0.05, 0) is 25.7 Å². The molecule has 1 aromatic carbocycles. The van der Waals surface area contributed by atoms with Crippen LogP contribution in [0.3, 0.4) is 0 Å². The highest BCUT2D eigenvalue weighted by atomic mass is 16.5. The third-order valence-electron chi connectivity index (χ3n) is 5.04. The van der Waals surface area contributed by atoms with E-state index >= 15 is 0 Å². The summed E-state index contributed by atoms with van der Waals surface area (Å²) >= 11 is 0. The quantitative estimate of drug-likeness (QED) is 0.737. The summed E-state index contributed by atoms with van der Waals surface area (Å²) in [5.74, 6) is 1.51. The van der Waals surface area contributed by atoms with Crippen LogP contribution in [-0.4, -0.2) is 27.5 Å². The number of rotatable bonds is 7. The van der Waals surface area contributed by atoms with E-state index in [0.29, 0.717) is 11.7 Å². The van der Waals surface area contributed by atoms with Crippen LogP contribution in [0.4, 0.5) is 0 Å². The summed E-state index contributed by atoms with van der Waals surface area (Å²) in [6.07, 6.45) is 5.96. The fourth-order valence-corrected chi connectivity index (χ4v) is 3.55. The molecule has 1 aliphatic rings. The number of amides is 1. The lowest BCUT2D eigenvalue weighted by Crippen LogP contribution is -2.35. The van der Waals surface area contributed by atoms with Crippen LogP contribution in [0.25, 0.3) is 11.4 Å². The van der Waals surface area contributed by atoms with Crippen LogP contribution in [0.5, 0.6) is 0 Å². The Bertz CT molecular complexity index is 683. The largest absolute Gasteiger partial charge is 0.337 e. The lowest BCUT2D eigenvalue weighted by molar-refractivity contribution is -0.137. The van der Waals surface area contributed by atoms with Gasteiger partial charge in [-0.3, -0.25) is 4.79 Å². The molecule has 25 heavy (non-hydrogen) atoms. The normalized spacial score (nSPS) is 18.5. The van der Waals surface area contributed by atoms with Crippen molar-refractivity contribution < 1.29 is 9.32 Å². The molecule has 1 aliphatic heterocycles. The van der Waals surface area contributed by atoms with E-state index in [1.165, 1.54) is 0 Å². The van der Waals surface area contributed by atoms with Crippen LogP contribution in [0.15, 0.2) is 34.9 Å². The first-order chi connectivity index (χ1) is 12.2. The molecule has 2 atom stereocenters. The number of carbonyl (C=O) groups excluding carboxylic acids is 1. The van der Waals surface area contributed by atoms with E-state index in [0.717, 1.165) is 50.6 Å². The van der Waals surface area contributed by atoms with Crippen LogP contribution in [0.2, 0.25) is 0 Å². The van der Waals surface area contributed by atoms with Gasteiger partial charge in [-0.25, -0.2) is 0 Å². The molecule has 0 radical (unpaired) electrons. The van der Waals surface area contributed by atoms with E-state index in [1.54, 1.807) is 0 Å². The minimum atomic E-state index is -0.0758. The van der Waals surface area contributed by atoms with Crippen LogP contribution in [-0.2, 0) is 4.79 Å². The number of benzene rings is 1. The van der Waals surface area contributed by atoms with Crippen molar-refractivity contribution >= 4 is 5.91 Å². The Morgan fingerprint density at radius 1 is 1.32 bits per heavy atom. The predicted octanol–water partition coefficient (Wildman–Crippen LogP) is 4.62. The molecule has 0 spiro atoms. The molecule has 2 aromatic rings. The number of hydrogen-bond acceptors (Lipinski definition) is 4. The summed E-state index contributed by atoms with van der Waals surface area (Å²) < 4.78 is 5.52. The second-order valence-corrected chi connectivity index (χ2v) is 6.76. The molecular formula is C20H27N3O2. The van der Waals surface area contributed by atoms with Gasteiger partial charge < -0.3 is 9.42 Å². The maximum atomic E-state index is 13.0. The van der Waals surface area contributed by atoms with E-state index < -0.39 is 0 Å². The summed E-state index contributed by atoms with van der Waals surface area (Å²) in [6.45, 7) is 5.05. The zero-order valence-electron chi connectivity index (χ0n) is 15.1. The van der Waals surface area contributed by atoms with Crippen molar-refractivity contribution in [3.63, 3.8) is 0 Å². The van der Waals surface area contributed by atoms with Crippen molar-refractivity contribution in [3.8, 4) is 11.4 Å². The van der Waals surface area contributed by atoms with E-state index in [2.05, 4.69) is 24.0 Å². The van der Waals surface area contributed by atoms with E-state index in [9.17, 15) is 4.79 Å². The third-order valence-corrected chi connectivity index (χ3v) is 5.04. The Labute approximate surface area is 149 Å². The van der Waals surface area contributed by atoms with Crippen molar-refractivity contribution in [1.82, 2.24) is 15.0 Å². The average Bonchev–Trinajstić information content (AvgIpc) is 3.32. The third kappa shape index (κ3) is 3.91. The maximum absolute atomic E-state index is 13.0. The highest BCUT2D eigenvalue weighted by Crippen LogP contribution is 2.34. The SMILES string of the molecule is CCCC[C@@H](CC)C(=O)N1CCC[C@@H]1c1nc(-c2ccccc2)no1. The highest BCUT2D eigenvalue weighted by molar-refractivity contribution is 5.79. The molecule has 2 heterocycles.